The predicted molar refractivity (Wildman–Crippen MR) is 116 cm³/mol. The number of allylic oxidation sites excluding steroid dienone is 1. The summed E-state index contributed by atoms with van der Waals surface area (Å²) in [7, 11) is 0. The van der Waals surface area contributed by atoms with Crippen LogP contribution in [-0.4, -0.2) is 136 Å². The molecule has 15 heteroatoms. The lowest BCUT2D eigenvalue weighted by Crippen LogP contribution is -2.45. The maximum Gasteiger partial charge on any atom is 0.320 e. The molecule has 0 aliphatic heterocycles. The molecular weight excluding hydrogens is 474 g/mol. The number of hydrogen-bond donors (Lipinski definition) is 4. The molecule has 0 unspecified atom stereocenters. The van der Waals surface area contributed by atoms with Crippen molar-refractivity contribution in [2.45, 2.75) is 13.3 Å². The van der Waals surface area contributed by atoms with Crippen molar-refractivity contribution in [2.75, 3.05) is 65.5 Å². The number of rotatable bonds is 20. The first-order chi connectivity index (χ1) is 16.3. The van der Waals surface area contributed by atoms with E-state index in [2.05, 4.69) is 6.58 Å². The van der Waals surface area contributed by atoms with Crippen LogP contribution in [0.5, 0.6) is 0 Å². The highest BCUT2D eigenvalue weighted by molar-refractivity contribution is 5.75. The molecule has 0 radical (unpaired) electrons. The van der Waals surface area contributed by atoms with Crippen LogP contribution < -0.4 is 0 Å². The minimum atomic E-state index is -1.25. The fourth-order valence-electron chi connectivity index (χ4n) is 2.75. The van der Waals surface area contributed by atoms with Crippen LogP contribution in [0.1, 0.15) is 13.3 Å². The Kier molecular flexibility index (Phi) is 15.2. The van der Waals surface area contributed by atoms with Crippen LogP contribution in [0.25, 0.3) is 0 Å². The Labute approximate surface area is 201 Å². The van der Waals surface area contributed by atoms with Crippen molar-refractivity contribution < 1.29 is 58.7 Å². The lowest BCUT2D eigenvalue weighted by atomic mass is 10.3. The van der Waals surface area contributed by atoms with Gasteiger partial charge in [0.1, 0.15) is 6.61 Å². The fourth-order valence-corrected chi connectivity index (χ4v) is 2.75. The lowest BCUT2D eigenvalue weighted by molar-refractivity contribution is -0.149. The summed E-state index contributed by atoms with van der Waals surface area (Å²) < 4.78 is 9.61. The number of carbonyl (C=O) groups is 6. The van der Waals surface area contributed by atoms with E-state index in [1.165, 1.54) is 16.7 Å². The first-order valence-electron chi connectivity index (χ1n) is 10.3. The second-order valence-electron chi connectivity index (χ2n) is 7.42. The maximum atomic E-state index is 12.0. The minimum Gasteiger partial charge on any atom is -0.480 e. The molecule has 0 aromatic heterocycles. The van der Waals surface area contributed by atoms with Crippen molar-refractivity contribution in [2.24, 2.45) is 0 Å². The summed E-state index contributed by atoms with van der Waals surface area (Å²) in [6.45, 7) is 1.76. The molecule has 0 aromatic carbocycles. The van der Waals surface area contributed by atoms with Crippen LogP contribution in [-0.2, 0) is 38.2 Å². The third kappa shape index (κ3) is 18.5. The number of carbonyl (C=O) groups excluding carboxylic acids is 2. The Hall–Kier alpha value is -3.56. The highest BCUT2D eigenvalue weighted by Crippen LogP contribution is 1.99. The average Bonchev–Trinajstić information content (AvgIpc) is 2.67. The first-order valence-corrected chi connectivity index (χ1v) is 10.3. The molecule has 0 spiro atoms. The number of carboxylic acid groups (broad SMARTS) is 4. The molecule has 0 bridgehead atoms. The molecule has 0 saturated heterocycles. The van der Waals surface area contributed by atoms with Gasteiger partial charge in [-0.2, -0.15) is 0 Å². The van der Waals surface area contributed by atoms with E-state index in [9.17, 15) is 28.8 Å². The molecule has 0 rings (SSSR count). The smallest absolute Gasteiger partial charge is 0.320 e. The molecule has 0 amide bonds. The summed E-state index contributed by atoms with van der Waals surface area (Å²) in [4.78, 5) is 71.3. The third-order valence-corrected chi connectivity index (χ3v) is 4.11. The summed E-state index contributed by atoms with van der Waals surface area (Å²) in [6, 6.07) is 0. The van der Waals surface area contributed by atoms with Crippen LogP contribution >= 0.6 is 0 Å². The van der Waals surface area contributed by atoms with Gasteiger partial charge >= 0.3 is 35.8 Å². The minimum absolute atomic E-state index is 0.0220. The van der Waals surface area contributed by atoms with Crippen molar-refractivity contribution in [1.29, 1.82) is 0 Å². The van der Waals surface area contributed by atoms with Crippen molar-refractivity contribution in [1.82, 2.24) is 14.7 Å². The van der Waals surface area contributed by atoms with E-state index in [0.29, 0.717) is 0 Å². The molecule has 0 saturated carbocycles. The van der Waals surface area contributed by atoms with Crippen LogP contribution in [0.4, 0.5) is 0 Å². The summed E-state index contributed by atoms with van der Waals surface area (Å²) in [5, 5.41) is 36.0. The van der Waals surface area contributed by atoms with Gasteiger partial charge in [-0.1, -0.05) is 6.58 Å². The Balaban J connectivity index is 4.93. The Morgan fingerprint density at radius 2 is 1.00 bits per heavy atom. The average molecular weight is 505 g/mol. The van der Waals surface area contributed by atoms with E-state index >= 15 is 0 Å². The topological polar surface area (TPSA) is 212 Å². The van der Waals surface area contributed by atoms with Crippen LogP contribution in [0.15, 0.2) is 12.3 Å². The van der Waals surface area contributed by atoms with Gasteiger partial charge in [0.2, 0.25) is 0 Å². The molecule has 35 heavy (non-hydrogen) atoms. The molecule has 0 fully saturated rings. The molecule has 0 aromatic rings. The van der Waals surface area contributed by atoms with Crippen molar-refractivity contribution in [3.63, 3.8) is 0 Å². The second-order valence-corrected chi connectivity index (χ2v) is 7.42. The van der Waals surface area contributed by atoms with Gasteiger partial charge in [0.15, 0.2) is 0 Å². The van der Waals surface area contributed by atoms with Crippen LogP contribution in [0, 0.1) is 0 Å². The summed E-state index contributed by atoms with van der Waals surface area (Å²) in [5.41, 5.74) is 0. The van der Waals surface area contributed by atoms with E-state index in [1.807, 2.05) is 0 Å². The van der Waals surface area contributed by atoms with Crippen LogP contribution in [0.2, 0.25) is 0 Å². The van der Waals surface area contributed by atoms with E-state index in [4.69, 9.17) is 29.9 Å². The van der Waals surface area contributed by atoms with Gasteiger partial charge in [-0.05, 0) is 6.92 Å². The highest BCUT2D eigenvalue weighted by atomic mass is 16.6. The van der Waals surface area contributed by atoms with E-state index in [-0.39, 0.29) is 45.0 Å². The zero-order valence-electron chi connectivity index (χ0n) is 19.4. The monoisotopic (exact) mass is 505 g/mol. The summed E-state index contributed by atoms with van der Waals surface area (Å²) >= 11 is 0. The molecule has 0 aliphatic carbocycles. The van der Waals surface area contributed by atoms with Crippen LogP contribution in [0.3, 0.4) is 0 Å². The number of hydrogen-bond acceptors (Lipinski definition) is 11. The lowest BCUT2D eigenvalue weighted by Gasteiger charge is -2.27. The number of carboxylic acids is 4. The van der Waals surface area contributed by atoms with Gasteiger partial charge < -0.3 is 29.9 Å². The molecule has 4 N–H and O–H groups in total. The van der Waals surface area contributed by atoms with E-state index in [0.717, 1.165) is 4.90 Å². The summed E-state index contributed by atoms with van der Waals surface area (Å²) in [5.74, 6) is -6.26. The molecule has 0 aliphatic rings. The van der Waals surface area contributed by atoms with Crippen molar-refractivity contribution >= 4 is 35.8 Å². The van der Waals surface area contributed by atoms with Gasteiger partial charge in [0, 0.05) is 26.2 Å². The van der Waals surface area contributed by atoms with Crippen molar-refractivity contribution in [3.05, 3.63) is 12.3 Å². The quantitative estimate of drug-likeness (QED) is 0.107. The standard InChI is InChI=1S/C20H31N3O12/c1-14(2)35-19(32)3-8-34-20(33)13-23(12-18(30)31)7-5-21(9-15(24)25)4-6-22(10-16(26)27)11-17(28)29/h1,3-13H2,2H3,(H,24,25)(H,26,27)(H,28,29)(H,30,31). The van der Waals surface area contributed by atoms with Gasteiger partial charge in [-0.25, -0.2) is 0 Å². The van der Waals surface area contributed by atoms with Gasteiger partial charge in [-0.15, -0.1) is 0 Å². The SMILES string of the molecule is C=C(C)OC(=O)CCOC(=O)CN(CCN(CCN(CC(=O)O)CC(=O)O)CC(=O)O)CC(=O)O. The molecule has 15 nitrogen and oxygen atoms in total. The highest BCUT2D eigenvalue weighted by Gasteiger charge is 2.20. The maximum absolute atomic E-state index is 12.0. The predicted octanol–water partition coefficient (Wildman–Crippen LogP) is -1.76. The number of ether oxygens (including phenoxy) is 2. The van der Waals surface area contributed by atoms with E-state index in [1.54, 1.807) is 0 Å². The molecule has 198 valence electrons. The van der Waals surface area contributed by atoms with Gasteiger partial charge in [0.25, 0.3) is 0 Å². The molecular formula is C20H31N3O12. The fraction of sp³-hybridized carbons (Fsp3) is 0.600. The first kappa shape index (κ1) is 31.4. The van der Waals surface area contributed by atoms with Gasteiger partial charge in [-0.3, -0.25) is 43.5 Å². The Morgan fingerprint density at radius 3 is 1.40 bits per heavy atom. The zero-order valence-corrected chi connectivity index (χ0v) is 19.4. The van der Waals surface area contributed by atoms with Crippen molar-refractivity contribution in [3.8, 4) is 0 Å². The number of nitrogens with zero attached hydrogens (tertiary/aromatic N) is 3. The normalized spacial score (nSPS) is 10.9. The summed E-state index contributed by atoms with van der Waals surface area (Å²) in [6.07, 6.45) is -0.229. The molecule has 0 atom stereocenters. The Bertz CT molecular complexity index is 769. The number of esters is 2. The molecule has 0 heterocycles. The largest absolute Gasteiger partial charge is 0.480 e. The van der Waals surface area contributed by atoms with E-state index < -0.39 is 68.5 Å². The number of aliphatic carboxylic acids is 4. The zero-order chi connectivity index (χ0) is 27.0. The second kappa shape index (κ2) is 17.0. The third-order valence-electron chi connectivity index (χ3n) is 4.11. The Morgan fingerprint density at radius 1 is 0.629 bits per heavy atom. The van der Waals surface area contributed by atoms with Gasteiger partial charge in [0.05, 0.1) is 44.9 Å².